The molecule has 128 valence electrons. The Labute approximate surface area is 146 Å². The second-order valence-electron chi connectivity index (χ2n) is 5.26. The third kappa shape index (κ3) is 4.95. The molecule has 6 nitrogen and oxygen atoms in total. The van der Waals surface area contributed by atoms with Gasteiger partial charge in [-0.2, -0.15) is 0 Å². The lowest BCUT2D eigenvalue weighted by atomic mass is 10.1. The van der Waals surface area contributed by atoms with Crippen LogP contribution in [0.25, 0.3) is 0 Å². The average Bonchev–Trinajstić information content (AvgIpc) is 2.53. The molecule has 0 fully saturated rings. The highest BCUT2D eigenvalue weighted by molar-refractivity contribution is 7.89. The fourth-order valence-corrected chi connectivity index (χ4v) is 2.88. The zero-order chi connectivity index (χ0) is 17.7. The Hall–Kier alpha value is -2.09. The molecule has 8 heteroatoms. The number of amides is 2. The van der Waals surface area contributed by atoms with Gasteiger partial charge in [0, 0.05) is 11.6 Å². The second kappa shape index (κ2) is 7.65. The van der Waals surface area contributed by atoms with Gasteiger partial charge in [0.25, 0.3) is 0 Å². The fourth-order valence-electron chi connectivity index (χ4n) is 2.11. The smallest absolute Gasteiger partial charge is 0.315 e. The molecule has 0 heterocycles. The first-order valence-corrected chi connectivity index (χ1v) is 9.10. The minimum atomic E-state index is -3.78. The van der Waals surface area contributed by atoms with Crippen molar-refractivity contribution in [2.45, 2.75) is 24.4 Å². The molecule has 0 radical (unpaired) electrons. The van der Waals surface area contributed by atoms with Gasteiger partial charge < -0.3 is 10.6 Å². The van der Waals surface area contributed by atoms with E-state index in [-0.39, 0.29) is 17.5 Å². The van der Waals surface area contributed by atoms with Crippen molar-refractivity contribution in [1.29, 1.82) is 0 Å². The Morgan fingerprint density at radius 3 is 2.58 bits per heavy atom. The number of carbonyl (C=O) groups excluding carboxylic acids is 1. The zero-order valence-corrected chi connectivity index (χ0v) is 14.6. The first kappa shape index (κ1) is 18.3. The van der Waals surface area contributed by atoms with Crippen molar-refractivity contribution in [3.8, 4) is 0 Å². The molecule has 0 aliphatic rings. The molecule has 4 N–H and O–H groups in total. The van der Waals surface area contributed by atoms with E-state index in [0.29, 0.717) is 10.6 Å². The maximum Gasteiger partial charge on any atom is 0.315 e. The number of sulfonamides is 1. The summed E-state index contributed by atoms with van der Waals surface area (Å²) >= 11 is 6.03. The lowest BCUT2D eigenvalue weighted by Crippen LogP contribution is -2.36. The van der Waals surface area contributed by atoms with Crippen molar-refractivity contribution in [3.05, 3.63) is 64.7 Å². The van der Waals surface area contributed by atoms with Gasteiger partial charge in [0.05, 0.1) is 10.9 Å². The standard InChI is InChI=1S/C16H18ClN3O3S/c1-11(12-6-4-7-14(9-12)24(18,22)23)20-16(21)19-10-13-5-2-3-8-15(13)17/h2-9,11H,10H2,1H3,(H2,18,22,23)(H2,19,20,21). The van der Waals surface area contributed by atoms with Crippen molar-refractivity contribution in [2.75, 3.05) is 0 Å². The SMILES string of the molecule is CC(NC(=O)NCc1ccccc1Cl)c1cccc(S(N)(=O)=O)c1. The highest BCUT2D eigenvalue weighted by Crippen LogP contribution is 2.17. The molecule has 1 unspecified atom stereocenters. The Morgan fingerprint density at radius 1 is 1.21 bits per heavy atom. The van der Waals surface area contributed by atoms with Gasteiger partial charge in [-0.05, 0) is 36.2 Å². The van der Waals surface area contributed by atoms with Crippen molar-refractivity contribution in [2.24, 2.45) is 5.14 Å². The van der Waals surface area contributed by atoms with Crippen LogP contribution in [0.5, 0.6) is 0 Å². The van der Waals surface area contributed by atoms with Gasteiger partial charge in [-0.25, -0.2) is 18.4 Å². The summed E-state index contributed by atoms with van der Waals surface area (Å²) in [6.45, 7) is 2.03. The van der Waals surface area contributed by atoms with Crippen LogP contribution >= 0.6 is 11.6 Å². The molecule has 0 aliphatic heterocycles. The van der Waals surface area contributed by atoms with Crippen molar-refractivity contribution in [1.82, 2.24) is 10.6 Å². The van der Waals surface area contributed by atoms with E-state index in [4.69, 9.17) is 16.7 Å². The predicted molar refractivity (Wildman–Crippen MR) is 93.1 cm³/mol. The molecule has 0 aromatic heterocycles. The van der Waals surface area contributed by atoms with E-state index in [2.05, 4.69) is 10.6 Å². The normalized spacial score (nSPS) is 12.5. The van der Waals surface area contributed by atoms with Gasteiger partial charge in [0.15, 0.2) is 0 Å². The predicted octanol–water partition coefficient (Wildman–Crippen LogP) is 2.55. The van der Waals surface area contributed by atoms with Gasteiger partial charge >= 0.3 is 6.03 Å². The number of rotatable bonds is 5. The van der Waals surface area contributed by atoms with Crippen LogP contribution in [0.4, 0.5) is 4.79 Å². The van der Waals surface area contributed by atoms with E-state index in [0.717, 1.165) is 5.56 Å². The van der Waals surface area contributed by atoms with E-state index >= 15 is 0 Å². The van der Waals surface area contributed by atoms with Crippen LogP contribution in [-0.2, 0) is 16.6 Å². The monoisotopic (exact) mass is 367 g/mol. The number of carbonyl (C=O) groups is 1. The maximum atomic E-state index is 12.0. The van der Waals surface area contributed by atoms with Crippen LogP contribution in [-0.4, -0.2) is 14.4 Å². The molecule has 2 aromatic carbocycles. The molecule has 1 atom stereocenters. The Balaban J connectivity index is 1.98. The second-order valence-corrected chi connectivity index (χ2v) is 7.23. The number of benzene rings is 2. The minimum absolute atomic E-state index is 0.00475. The quantitative estimate of drug-likeness (QED) is 0.756. The summed E-state index contributed by atoms with van der Waals surface area (Å²) in [5, 5.41) is 11.1. The summed E-state index contributed by atoms with van der Waals surface area (Å²) < 4.78 is 22.8. The summed E-state index contributed by atoms with van der Waals surface area (Å²) in [4.78, 5) is 12.0. The number of hydrogen-bond acceptors (Lipinski definition) is 3. The molecular weight excluding hydrogens is 350 g/mol. The molecule has 2 amide bonds. The lowest BCUT2D eigenvalue weighted by molar-refractivity contribution is 0.237. The van der Waals surface area contributed by atoms with Crippen LogP contribution in [0.3, 0.4) is 0 Å². The van der Waals surface area contributed by atoms with Gasteiger partial charge in [-0.1, -0.05) is 41.9 Å². The summed E-state index contributed by atoms with van der Waals surface area (Å²) in [6.07, 6.45) is 0. The van der Waals surface area contributed by atoms with Crippen LogP contribution in [0.15, 0.2) is 53.4 Å². The first-order valence-electron chi connectivity index (χ1n) is 7.18. The topological polar surface area (TPSA) is 101 Å². The average molecular weight is 368 g/mol. The fraction of sp³-hybridized carbons (Fsp3) is 0.188. The number of nitrogens with two attached hydrogens (primary N) is 1. The molecule has 2 aromatic rings. The van der Waals surface area contributed by atoms with Gasteiger partial charge in [-0.3, -0.25) is 0 Å². The van der Waals surface area contributed by atoms with Crippen molar-refractivity contribution in [3.63, 3.8) is 0 Å². The van der Waals surface area contributed by atoms with E-state index < -0.39 is 16.1 Å². The number of primary sulfonamides is 1. The minimum Gasteiger partial charge on any atom is -0.334 e. The Morgan fingerprint density at radius 2 is 1.92 bits per heavy atom. The third-order valence-electron chi connectivity index (χ3n) is 3.43. The molecule has 0 saturated heterocycles. The van der Waals surface area contributed by atoms with Crippen LogP contribution in [0.2, 0.25) is 5.02 Å². The highest BCUT2D eigenvalue weighted by atomic mass is 35.5. The Kier molecular flexibility index (Phi) is 5.82. The zero-order valence-electron chi connectivity index (χ0n) is 13.0. The molecular formula is C16H18ClN3O3S. The van der Waals surface area contributed by atoms with E-state index in [1.54, 1.807) is 25.1 Å². The number of nitrogens with one attached hydrogen (secondary N) is 2. The van der Waals surface area contributed by atoms with Gasteiger partial charge in [0.1, 0.15) is 0 Å². The van der Waals surface area contributed by atoms with Crippen LogP contribution < -0.4 is 15.8 Å². The van der Waals surface area contributed by atoms with E-state index in [1.165, 1.54) is 12.1 Å². The third-order valence-corrected chi connectivity index (χ3v) is 4.71. The number of halogens is 1. The molecule has 24 heavy (non-hydrogen) atoms. The van der Waals surface area contributed by atoms with E-state index in [1.807, 2.05) is 18.2 Å². The molecule has 2 rings (SSSR count). The number of urea groups is 1. The van der Waals surface area contributed by atoms with E-state index in [9.17, 15) is 13.2 Å². The summed E-state index contributed by atoms with van der Waals surface area (Å²) in [5.41, 5.74) is 1.44. The van der Waals surface area contributed by atoms with Crippen molar-refractivity contribution < 1.29 is 13.2 Å². The van der Waals surface area contributed by atoms with Gasteiger partial charge in [0.2, 0.25) is 10.0 Å². The molecule has 0 aliphatic carbocycles. The lowest BCUT2D eigenvalue weighted by Gasteiger charge is -2.16. The number of hydrogen-bond donors (Lipinski definition) is 3. The molecule has 0 bridgehead atoms. The van der Waals surface area contributed by atoms with Gasteiger partial charge in [-0.15, -0.1) is 0 Å². The summed E-state index contributed by atoms with van der Waals surface area (Å²) in [6, 6.07) is 12.6. The van der Waals surface area contributed by atoms with Crippen LogP contribution in [0.1, 0.15) is 24.1 Å². The maximum absolute atomic E-state index is 12.0. The van der Waals surface area contributed by atoms with Crippen molar-refractivity contribution >= 4 is 27.7 Å². The molecule has 0 saturated carbocycles. The Bertz CT molecular complexity index is 840. The molecule has 0 spiro atoms. The highest BCUT2D eigenvalue weighted by Gasteiger charge is 2.13. The largest absolute Gasteiger partial charge is 0.334 e. The summed E-state index contributed by atoms with van der Waals surface area (Å²) in [7, 11) is -3.78. The van der Waals surface area contributed by atoms with Crippen LogP contribution in [0, 0.1) is 0 Å². The summed E-state index contributed by atoms with van der Waals surface area (Å²) in [5.74, 6) is 0. The first-order chi connectivity index (χ1) is 11.3.